The maximum absolute atomic E-state index is 4.39. The van der Waals surface area contributed by atoms with Crippen LogP contribution < -0.4 is 5.32 Å². The van der Waals surface area contributed by atoms with Crippen LogP contribution in [0.2, 0.25) is 0 Å². The van der Waals surface area contributed by atoms with Crippen molar-refractivity contribution in [1.82, 2.24) is 10.3 Å². The first kappa shape index (κ1) is 9.87. The monoisotopic (exact) mass is 208 g/mol. The molecule has 0 fully saturated rings. The zero-order chi connectivity index (χ0) is 9.80. The third kappa shape index (κ3) is 2.04. The summed E-state index contributed by atoms with van der Waals surface area (Å²) in [6, 6.07) is 0.369. The lowest BCUT2D eigenvalue weighted by atomic mass is 10.0. The Morgan fingerprint density at radius 3 is 3.14 bits per heavy atom. The molecule has 3 heteroatoms. The molecule has 14 heavy (non-hydrogen) atoms. The van der Waals surface area contributed by atoms with Gasteiger partial charge in [0.15, 0.2) is 0 Å². The summed E-state index contributed by atoms with van der Waals surface area (Å²) in [7, 11) is 0. The van der Waals surface area contributed by atoms with Crippen molar-refractivity contribution in [2.24, 2.45) is 0 Å². The summed E-state index contributed by atoms with van der Waals surface area (Å²) in [5.41, 5.74) is 4.62. The minimum absolute atomic E-state index is 0.369. The lowest BCUT2D eigenvalue weighted by molar-refractivity contribution is 0.594. The summed E-state index contributed by atoms with van der Waals surface area (Å²) in [4.78, 5) is 4.39. The molecule has 0 aromatic carbocycles. The summed E-state index contributed by atoms with van der Waals surface area (Å²) in [6.07, 6.45) is 6.14. The summed E-state index contributed by atoms with van der Waals surface area (Å²) in [5.74, 6) is 0. The topological polar surface area (TPSA) is 24.9 Å². The van der Waals surface area contributed by atoms with Crippen molar-refractivity contribution in [1.29, 1.82) is 0 Å². The van der Waals surface area contributed by atoms with Crippen LogP contribution in [0.3, 0.4) is 0 Å². The molecule has 0 aliphatic heterocycles. The predicted octanol–water partition coefficient (Wildman–Crippen LogP) is 2.90. The van der Waals surface area contributed by atoms with Crippen LogP contribution in [0.5, 0.6) is 0 Å². The normalized spacial score (nSPS) is 18.2. The smallest absolute Gasteiger partial charge is 0.0795 e. The number of hydrogen-bond acceptors (Lipinski definition) is 3. The van der Waals surface area contributed by atoms with E-state index in [2.05, 4.69) is 28.7 Å². The molecule has 1 aromatic heterocycles. The zero-order valence-corrected chi connectivity index (χ0v) is 9.31. The molecule has 2 rings (SSSR count). The molecule has 1 N–H and O–H groups in total. The fourth-order valence-corrected chi connectivity index (χ4v) is 2.53. The molecular formula is C11H16N2S. The van der Waals surface area contributed by atoms with Crippen LogP contribution in [0.25, 0.3) is 0 Å². The van der Waals surface area contributed by atoms with Crippen LogP contribution in [-0.4, -0.2) is 11.5 Å². The van der Waals surface area contributed by atoms with Crippen molar-refractivity contribution in [2.75, 3.05) is 6.54 Å². The van der Waals surface area contributed by atoms with Crippen molar-refractivity contribution in [3.8, 4) is 0 Å². The number of allylic oxidation sites excluding steroid dienone is 1. The summed E-state index contributed by atoms with van der Waals surface area (Å²) in [5, 5.41) is 5.65. The molecule has 1 aliphatic carbocycles. The molecule has 0 bridgehead atoms. The van der Waals surface area contributed by atoms with Crippen molar-refractivity contribution < 1.29 is 0 Å². The molecule has 0 saturated heterocycles. The minimum atomic E-state index is 0.369. The minimum Gasteiger partial charge on any atom is -0.305 e. The number of aromatic nitrogens is 1. The van der Waals surface area contributed by atoms with E-state index in [1.54, 1.807) is 11.3 Å². The van der Waals surface area contributed by atoms with Gasteiger partial charge in [0.25, 0.3) is 0 Å². The molecule has 1 atom stereocenters. The van der Waals surface area contributed by atoms with Gasteiger partial charge in [-0.05, 0) is 25.8 Å². The van der Waals surface area contributed by atoms with Gasteiger partial charge in [-0.3, -0.25) is 0 Å². The van der Waals surface area contributed by atoms with E-state index in [4.69, 9.17) is 0 Å². The van der Waals surface area contributed by atoms with Crippen molar-refractivity contribution >= 4 is 11.3 Å². The van der Waals surface area contributed by atoms with Gasteiger partial charge in [-0.25, -0.2) is 4.98 Å². The molecule has 0 spiro atoms. The van der Waals surface area contributed by atoms with E-state index in [0.29, 0.717) is 6.04 Å². The first-order chi connectivity index (χ1) is 6.92. The highest BCUT2D eigenvalue weighted by atomic mass is 32.1. The summed E-state index contributed by atoms with van der Waals surface area (Å²) >= 11 is 1.67. The standard InChI is InChI=1S/C11H16N2S/c1-2-12-11(9-5-3-4-6-9)10-7-14-8-13-10/h5,7-8,11-12H,2-4,6H2,1H3. The highest BCUT2D eigenvalue weighted by molar-refractivity contribution is 7.07. The molecular weight excluding hydrogens is 192 g/mol. The highest BCUT2D eigenvalue weighted by Gasteiger charge is 2.19. The second-order valence-electron chi connectivity index (χ2n) is 3.58. The van der Waals surface area contributed by atoms with Gasteiger partial charge in [0.1, 0.15) is 0 Å². The molecule has 1 aromatic rings. The van der Waals surface area contributed by atoms with Crippen LogP contribution >= 0.6 is 11.3 Å². The van der Waals surface area contributed by atoms with Gasteiger partial charge in [0, 0.05) is 5.38 Å². The van der Waals surface area contributed by atoms with Gasteiger partial charge >= 0.3 is 0 Å². The van der Waals surface area contributed by atoms with Crippen molar-refractivity contribution in [3.05, 3.63) is 28.2 Å². The van der Waals surface area contributed by atoms with Gasteiger partial charge in [-0.2, -0.15) is 0 Å². The molecule has 1 unspecified atom stereocenters. The number of rotatable bonds is 4. The Kier molecular flexibility index (Phi) is 3.32. The number of hydrogen-bond donors (Lipinski definition) is 1. The highest BCUT2D eigenvalue weighted by Crippen LogP contribution is 2.30. The van der Waals surface area contributed by atoms with Gasteiger partial charge in [0.2, 0.25) is 0 Å². The molecule has 1 aliphatic rings. The van der Waals surface area contributed by atoms with E-state index in [-0.39, 0.29) is 0 Å². The van der Waals surface area contributed by atoms with E-state index in [1.807, 2.05) is 5.51 Å². The van der Waals surface area contributed by atoms with Gasteiger partial charge < -0.3 is 5.32 Å². The van der Waals surface area contributed by atoms with Crippen LogP contribution in [0.15, 0.2) is 22.5 Å². The Labute approximate surface area is 89.1 Å². The van der Waals surface area contributed by atoms with E-state index in [1.165, 1.54) is 30.5 Å². The number of thiazole rings is 1. The lowest BCUT2D eigenvalue weighted by Crippen LogP contribution is -2.22. The molecule has 1 heterocycles. The third-order valence-electron chi connectivity index (χ3n) is 2.60. The van der Waals surface area contributed by atoms with E-state index in [9.17, 15) is 0 Å². The maximum Gasteiger partial charge on any atom is 0.0795 e. The first-order valence-corrected chi connectivity index (χ1v) is 6.16. The fourth-order valence-electron chi connectivity index (χ4n) is 1.95. The van der Waals surface area contributed by atoms with Gasteiger partial charge in [-0.15, -0.1) is 11.3 Å². The molecule has 0 saturated carbocycles. The second-order valence-corrected chi connectivity index (χ2v) is 4.29. The Balaban J connectivity index is 2.15. The fraction of sp³-hybridized carbons (Fsp3) is 0.545. The van der Waals surface area contributed by atoms with Crippen molar-refractivity contribution in [2.45, 2.75) is 32.2 Å². The zero-order valence-electron chi connectivity index (χ0n) is 8.49. The van der Waals surface area contributed by atoms with E-state index in [0.717, 1.165) is 6.54 Å². The third-order valence-corrected chi connectivity index (χ3v) is 3.21. The number of nitrogens with zero attached hydrogens (tertiary/aromatic N) is 1. The average Bonchev–Trinajstić information content (AvgIpc) is 2.87. The predicted molar refractivity (Wildman–Crippen MR) is 60.5 cm³/mol. The first-order valence-electron chi connectivity index (χ1n) is 5.22. The Morgan fingerprint density at radius 1 is 1.64 bits per heavy atom. The molecule has 0 radical (unpaired) electrons. The lowest BCUT2D eigenvalue weighted by Gasteiger charge is -2.17. The van der Waals surface area contributed by atoms with E-state index < -0.39 is 0 Å². The molecule has 2 nitrogen and oxygen atoms in total. The van der Waals surface area contributed by atoms with Crippen LogP contribution in [0, 0.1) is 0 Å². The summed E-state index contributed by atoms with van der Waals surface area (Å²) in [6.45, 7) is 3.15. The second kappa shape index (κ2) is 4.71. The molecule has 0 amide bonds. The van der Waals surface area contributed by atoms with Crippen LogP contribution in [-0.2, 0) is 0 Å². The average molecular weight is 208 g/mol. The van der Waals surface area contributed by atoms with Gasteiger partial charge in [-0.1, -0.05) is 18.6 Å². The Hall–Kier alpha value is -0.670. The van der Waals surface area contributed by atoms with E-state index >= 15 is 0 Å². The van der Waals surface area contributed by atoms with Gasteiger partial charge in [0.05, 0.1) is 17.2 Å². The quantitative estimate of drug-likeness (QED) is 0.770. The number of nitrogens with one attached hydrogen (secondary N) is 1. The van der Waals surface area contributed by atoms with Crippen molar-refractivity contribution in [3.63, 3.8) is 0 Å². The maximum atomic E-state index is 4.39. The molecule has 76 valence electrons. The largest absolute Gasteiger partial charge is 0.305 e. The van der Waals surface area contributed by atoms with Crippen LogP contribution in [0.4, 0.5) is 0 Å². The summed E-state index contributed by atoms with van der Waals surface area (Å²) < 4.78 is 0. The Morgan fingerprint density at radius 2 is 2.57 bits per heavy atom. The SMILES string of the molecule is CCNC(C1=CCCC1)c1cscn1. The number of likely N-dealkylation sites (N-methyl/N-ethyl adjacent to an activating group) is 1. The Bertz CT molecular complexity index is 303. The van der Waals surface area contributed by atoms with Crippen LogP contribution in [0.1, 0.15) is 37.9 Å².